The second kappa shape index (κ2) is 9.25. The first-order valence-corrected chi connectivity index (χ1v) is 10.1. The quantitative estimate of drug-likeness (QED) is 0.392. The Kier molecular flexibility index (Phi) is 6.25. The van der Waals surface area contributed by atoms with Crippen LogP contribution in [-0.2, 0) is 0 Å². The highest BCUT2D eigenvalue weighted by atomic mass is 35.5. The Labute approximate surface area is 193 Å². The van der Waals surface area contributed by atoms with Crippen molar-refractivity contribution in [3.05, 3.63) is 70.6 Å². The number of aromatic nitrogens is 3. The van der Waals surface area contributed by atoms with E-state index < -0.39 is 5.91 Å². The van der Waals surface area contributed by atoms with Gasteiger partial charge in [-0.2, -0.15) is 0 Å². The number of para-hydroxylation sites is 1. The maximum absolute atomic E-state index is 13.2. The summed E-state index contributed by atoms with van der Waals surface area (Å²) in [5.74, 6) is 1.29. The van der Waals surface area contributed by atoms with Crippen LogP contribution in [0.5, 0.6) is 11.5 Å². The number of halogens is 2. The zero-order chi connectivity index (χ0) is 22.7. The first-order valence-electron chi connectivity index (χ1n) is 9.36. The lowest BCUT2D eigenvalue weighted by atomic mass is 10.1. The number of rotatable bonds is 6. The Bertz CT molecular complexity index is 1270. The number of hydrogen-bond donors (Lipinski definition) is 2. The van der Waals surface area contributed by atoms with Crippen molar-refractivity contribution in [1.82, 2.24) is 15.0 Å². The zero-order valence-corrected chi connectivity index (χ0v) is 18.5. The van der Waals surface area contributed by atoms with E-state index in [2.05, 4.69) is 25.6 Å². The van der Waals surface area contributed by atoms with E-state index in [4.69, 9.17) is 32.7 Å². The Balaban J connectivity index is 1.74. The largest absolute Gasteiger partial charge is 0.495 e. The van der Waals surface area contributed by atoms with Crippen molar-refractivity contribution in [2.45, 2.75) is 0 Å². The highest BCUT2D eigenvalue weighted by Gasteiger charge is 2.21. The van der Waals surface area contributed by atoms with Crippen molar-refractivity contribution in [3.8, 4) is 11.5 Å². The number of ether oxygens (including phenoxy) is 2. The molecule has 32 heavy (non-hydrogen) atoms. The maximum Gasteiger partial charge on any atom is 0.257 e. The maximum atomic E-state index is 13.2. The van der Waals surface area contributed by atoms with Gasteiger partial charge in [0.05, 0.1) is 31.0 Å². The van der Waals surface area contributed by atoms with Crippen molar-refractivity contribution in [2.75, 3.05) is 24.9 Å². The molecule has 4 rings (SSSR count). The smallest absolute Gasteiger partial charge is 0.257 e. The monoisotopic (exact) mass is 469 g/mol. The summed E-state index contributed by atoms with van der Waals surface area (Å²) in [5.41, 5.74) is 0.927. The third kappa shape index (κ3) is 4.10. The topological polar surface area (TPSA) is 98.3 Å². The van der Waals surface area contributed by atoms with E-state index in [0.29, 0.717) is 39.6 Å². The number of nitrogens with one attached hydrogen (secondary N) is 2. The molecule has 2 N–H and O–H groups in total. The molecule has 0 saturated heterocycles. The fourth-order valence-corrected chi connectivity index (χ4v) is 3.70. The molecule has 2 heterocycles. The van der Waals surface area contributed by atoms with Crippen LogP contribution in [0.4, 0.5) is 17.3 Å². The number of methoxy groups -OCH3 is 2. The molecule has 162 valence electrons. The molecule has 0 aliphatic heterocycles. The van der Waals surface area contributed by atoms with E-state index in [1.54, 1.807) is 24.4 Å². The van der Waals surface area contributed by atoms with Crippen LogP contribution in [-0.4, -0.2) is 35.1 Å². The number of pyridine rings is 1. The molecular formula is C22H17Cl2N5O3. The van der Waals surface area contributed by atoms with Crippen LogP contribution in [0, 0.1) is 0 Å². The number of amides is 1. The Morgan fingerprint density at radius 2 is 1.69 bits per heavy atom. The normalized spacial score (nSPS) is 10.6. The minimum absolute atomic E-state index is 0.152. The van der Waals surface area contributed by atoms with Crippen LogP contribution in [0.2, 0.25) is 10.0 Å². The lowest BCUT2D eigenvalue weighted by Gasteiger charge is -2.16. The number of anilines is 3. The van der Waals surface area contributed by atoms with Gasteiger partial charge in [-0.15, -0.1) is 0 Å². The van der Waals surface area contributed by atoms with Gasteiger partial charge < -0.3 is 20.1 Å². The third-order valence-corrected chi connectivity index (χ3v) is 5.38. The molecule has 4 aromatic rings. The first kappa shape index (κ1) is 21.6. The van der Waals surface area contributed by atoms with E-state index in [-0.39, 0.29) is 15.7 Å². The molecular weight excluding hydrogens is 453 g/mol. The van der Waals surface area contributed by atoms with Gasteiger partial charge in [-0.3, -0.25) is 4.79 Å². The molecule has 10 heteroatoms. The van der Waals surface area contributed by atoms with E-state index in [0.717, 1.165) is 0 Å². The minimum atomic E-state index is -0.461. The molecule has 1 amide bonds. The summed E-state index contributed by atoms with van der Waals surface area (Å²) >= 11 is 12.8. The fourth-order valence-electron chi connectivity index (χ4n) is 3.10. The van der Waals surface area contributed by atoms with Gasteiger partial charge in [-0.05, 0) is 24.3 Å². The Morgan fingerprint density at radius 1 is 0.938 bits per heavy atom. The van der Waals surface area contributed by atoms with Crippen LogP contribution in [0.15, 0.2) is 55.0 Å². The summed E-state index contributed by atoms with van der Waals surface area (Å²) in [6.45, 7) is 0. The van der Waals surface area contributed by atoms with Gasteiger partial charge in [-0.1, -0.05) is 35.3 Å². The Hall–Kier alpha value is -3.62. The SMILES string of the molecule is COc1cc(OC)c(Cl)c(NC(=O)c2cccc3c(Nc4ccccn4)ncnc23)c1Cl. The van der Waals surface area contributed by atoms with Gasteiger partial charge in [0.2, 0.25) is 0 Å². The van der Waals surface area contributed by atoms with E-state index >= 15 is 0 Å². The summed E-state index contributed by atoms with van der Waals surface area (Å²) in [5, 5.41) is 6.84. The molecule has 0 radical (unpaired) electrons. The average molecular weight is 470 g/mol. The molecule has 2 aromatic carbocycles. The van der Waals surface area contributed by atoms with Crippen molar-refractivity contribution in [1.29, 1.82) is 0 Å². The van der Waals surface area contributed by atoms with Gasteiger partial charge in [0.1, 0.15) is 39.5 Å². The summed E-state index contributed by atoms with van der Waals surface area (Å²) < 4.78 is 10.5. The molecule has 0 bridgehead atoms. The number of carbonyl (C=O) groups is 1. The second-order valence-electron chi connectivity index (χ2n) is 6.50. The molecule has 0 aliphatic rings. The van der Waals surface area contributed by atoms with Crippen LogP contribution >= 0.6 is 23.2 Å². The number of carbonyl (C=O) groups excluding carboxylic acids is 1. The molecule has 0 spiro atoms. The van der Waals surface area contributed by atoms with E-state index in [9.17, 15) is 4.79 Å². The van der Waals surface area contributed by atoms with E-state index in [1.165, 1.54) is 20.5 Å². The molecule has 8 nitrogen and oxygen atoms in total. The molecule has 0 aliphatic carbocycles. The predicted molar refractivity (Wildman–Crippen MR) is 125 cm³/mol. The van der Waals surface area contributed by atoms with Crippen LogP contribution in [0.3, 0.4) is 0 Å². The van der Waals surface area contributed by atoms with Gasteiger partial charge in [0.25, 0.3) is 5.91 Å². The minimum Gasteiger partial charge on any atom is -0.495 e. The number of fused-ring (bicyclic) bond motifs is 1. The zero-order valence-electron chi connectivity index (χ0n) is 17.0. The van der Waals surface area contributed by atoms with Gasteiger partial charge in [-0.25, -0.2) is 15.0 Å². The Morgan fingerprint density at radius 3 is 2.34 bits per heavy atom. The lowest BCUT2D eigenvalue weighted by Crippen LogP contribution is -2.14. The van der Waals surface area contributed by atoms with Gasteiger partial charge in [0.15, 0.2) is 0 Å². The van der Waals surface area contributed by atoms with Crippen molar-refractivity contribution < 1.29 is 14.3 Å². The van der Waals surface area contributed by atoms with Gasteiger partial charge >= 0.3 is 0 Å². The van der Waals surface area contributed by atoms with Crippen LogP contribution in [0.1, 0.15) is 10.4 Å². The lowest BCUT2D eigenvalue weighted by molar-refractivity contribution is 0.102. The van der Waals surface area contributed by atoms with Crippen molar-refractivity contribution in [3.63, 3.8) is 0 Å². The first-order chi connectivity index (χ1) is 15.5. The molecule has 0 saturated carbocycles. The molecule has 2 aromatic heterocycles. The van der Waals surface area contributed by atoms with E-state index in [1.807, 2.05) is 24.3 Å². The summed E-state index contributed by atoms with van der Waals surface area (Å²) in [6, 6.07) is 12.2. The third-order valence-electron chi connectivity index (χ3n) is 4.63. The number of hydrogen-bond acceptors (Lipinski definition) is 7. The van der Waals surface area contributed by atoms with Crippen molar-refractivity contribution in [2.24, 2.45) is 0 Å². The summed E-state index contributed by atoms with van der Waals surface area (Å²) in [6.07, 6.45) is 3.04. The van der Waals surface area contributed by atoms with Gasteiger partial charge in [0, 0.05) is 17.6 Å². The highest BCUT2D eigenvalue weighted by molar-refractivity contribution is 6.42. The summed E-state index contributed by atoms with van der Waals surface area (Å²) in [4.78, 5) is 26.0. The van der Waals surface area contributed by atoms with Crippen LogP contribution in [0.25, 0.3) is 10.9 Å². The second-order valence-corrected chi connectivity index (χ2v) is 7.26. The highest BCUT2D eigenvalue weighted by Crippen LogP contribution is 2.44. The number of nitrogens with zero attached hydrogens (tertiary/aromatic N) is 3. The van der Waals surface area contributed by atoms with Crippen LogP contribution < -0.4 is 20.1 Å². The average Bonchev–Trinajstić information content (AvgIpc) is 2.82. The molecule has 0 fully saturated rings. The predicted octanol–water partition coefficient (Wildman–Crippen LogP) is 5.34. The summed E-state index contributed by atoms with van der Waals surface area (Å²) in [7, 11) is 2.91. The molecule has 0 atom stereocenters. The van der Waals surface area contributed by atoms with Crippen molar-refractivity contribution >= 4 is 57.3 Å². The number of benzene rings is 2. The standard InChI is InChI=1S/C22H17Cl2N5O3/c1-31-14-10-15(32-2)18(24)20(17(14)23)29-22(30)13-7-5-6-12-19(13)26-11-27-21(12)28-16-8-3-4-9-25-16/h3-11H,1-2H3,(H,29,30)(H,25,26,27,28). The molecule has 0 unspecified atom stereocenters. The fraction of sp³-hybridized carbons (Fsp3) is 0.0909.